The zero-order chi connectivity index (χ0) is 23.8. The normalized spacial score (nSPS) is 17.0. The lowest BCUT2D eigenvalue weighted by Gasteiger charge is -2.26. The number of carboxylic acid groups (broad SMARTS) is 1. The van der Waals surface area contributed by atoms with Crippen molar-refractivity contribution in [1.82, 2.24) is 0 Å². The average molecular weight is 496 g/mol. The van der Waals surface area contributed by atoms with Gasteiger partial charge in [-0.1, -0.05) is 42.8 Å². The van der Waals surface area contributed by atoms with Gasteiger partial charge in [0.2, 0.25) is 0 Å². The Labute approximate surface area is 199 Å². The zero-order valence-corrected chi connectivity index (χ0v) is 19.6. The first kappa shape index (κ1) is 23.9. The van der Waals surface area contributed by atoms with Crippen molar-refractivity contribution in [2.24, 2.45) is 11.8 Å². The van der Waals surface area contributed by atoms with Gasteiger partial charge in [0.25, 0.3) is 0 Å². The highest BCUT2D eigenvalue weighted by Gasteiger charge is 2.42. The Balaban J connectivity index is 1.60. The summed E-state index contributed by atoms with van der Waals surface area (Å²) < 4.78 is 42.1. The van der Waals surface area contributed by atoms with Crippen molar-refractivity contribution in [2.45, 2.75) is 44.2 Å². The summed E-state index contributed by atoms with van der Waals surface area (Å²) in [7, 11) is 0. The van der Waals surface area contributed by atoms with E-state index in [1.165, 1.54) is 18.3 Å². The van der Waals surface area contributed by atoms with Crippen molar-refractivity contribution in [3.63, 3.8) is 0 Å². The van der Waals surface area contributed by atoms with Gasteiger partial charge < -0.3 is 10.4 Å². The average Bonchev–Trinajstić information content (AvgIpc) is 3.51. The number of hydrogen-bond donors (Lipinski definition) is 2. The molecule has 4 rings (SSSR count). The summed E-state index contributed by atoms with van der Waals surface area (Å²) in [5.74, 6) is -2.99. The number of carbonyl (C=O) groups is 1. The monoisotopic (exact) mass is 495 g/mol. The summed E-state index contributed by atoms with van der Waals surface area (Å²) in [6.07, 6.45) is -2.34. The van der Waals surface area contributed by atoms with Crippen molar-refractivity contribution in [3.05, 3.63) is 64.0 Å². The number of carboxylic acids is 1. The van der Waals surface area contributed by atoms with Crippen LogP contribution >= 0.6 is 22.9 Å². The Morgan fingerprint density at radius 1 is 1.21 bits per heavy atom. The summed E-state index contributed by atoms with van der Waals surface area (Å²) in [5, 5.41) is 13.8. The Hall–Kier alpha value is -2.25. The van der Waals surface area contributed by atoms with Crippen LogP contribution in [0.4, 0.5) is 18.9 Å². The van der Waals surface area contributed by atoms with E-state index in [-0.39, 0.29) is 18.9 Å². The molecule has 8 heteroatoms. The first-order chi connectivity index (χ1) is 15.6. The standard InChI is InChI=1S/C25H25ClF3NO2S/c1-14(25(27,28)29)19(23-11-17-4-2-3-5-22(17)33-23)13-30-21-10-16(8-9-20(21)26)18(12-24(31)32)15-6-7-15/h2-5,8-11,14-15,18-19,30H,6-7,12-13H2,1H3,(H,31,32)/t14-,18+,19+/m1/s1. The number of benzene rings is 2. The highest BCUT2D eigenvalue weighted by Crippen LogP contribution is 2.46. The fraction of sp³-hybridized carbons (Fsp3) is 0.400. The molecule has 0 spiro atoms. The molecule has 1 aromatic heterocycles. The van der Waals surface area contributed by atoms with Crippen molar-refractivity contribution in [3.8, 4) is 0 Å². The van der Waals surface area contributed by atoms with E-state index in [0.29, 0.717) is 21.5 Å². The molecule has 3 aromatic rings. The Bertz CT molecular complexity index is 1110. The second-order valence-corrected chi connectivity index (χ2v) is 10.3. The molecule has 3 atom stereocenters. The van der Waals surface area contributed by atoms with Gasteiger partial charge in [0, 0.05) is 22.0 Å². The van der Waals surface area contributed by atoms with E-state index in [1.54, 1.807) is 12.1 Å². The molecular weight excluding hydrogens is 471 g/mol. The van der Waals surface area contributed by atoms with E-state index in [2.05, 4.69) is 5.32 Å². The highest BCUT2D eigenvalue weighted by molar-refractivity contribution is 7.19. The minimum absolute atomic E-state index is 0.0290. The fourth-order valence-electron chi connectivity index (χ4n) is 4.31. The molecule has 0 aliphatic heterocycles. The van der Waals surface area contributed by atoms with E-state index < -0.39 is 24.0 Å². The number of fused-ring (bicyclic) bond motifs is 1. The third-order valence-electron chi connectivity index (χ3n) is 6.45. The van der Waals surface area contributed by atoms with Gasteiger partial charge in [-0.05, 0) is 59.9 Å². The number of alkyl halides is 3. The van der Waals surface area contributed by atoms with Crippen LogP contribution < -0.4 is 5.32 Å². The number of hydrogen-bond acceptors (Lipinski definition) is 3. The molecule has 1 saturated carbocycles. The van der Waals surface area contributed by atoms with E-state index in [0.717, 1.165) is 28.5 Å². The second-order valence-electron chi connectivity index (χ2n) is 8.79. The highest BCUT2D eigenvalue weighted by atomic mass is 35.5. The molecule has 0 unspecified atom stereocenters. The third-order valence-corrected chi connectivity index (χ3v) is 8.02. The molecule has 1 fully saturated rings. The fourth-order valence-corrected chi connectivity index (χ4v) is 5.76. The molecule has 1 aliphatic rings. The first-order valence-electron chi connectivity index (χ1n) is 10.9. The maximum atomic E-state index is 13.7. The summed E-state index contributed by atoms with van der Waals surface area (Å²) in [4.78, 5) is 12.0. The lowest BCUT2D eigenvalue weighted by molar-refractivity contribution is -0.174. The van der Waals surface area contributed by atoms with E-state index in [1.807, 2.05) is 36.4 Å². The first-order valence-corrected chi connectivity index (χ1v) is 12.1. The lowest BCUT2D eigenvalue weighted by atomic mass is 9.90. The molecule has 176 valence electrons. The third kappa shape index (κ3) is 5.64. The lowest BCUT2D eigenvalue weighted by Crippen LogP contribution is -2.30. The SMILES string of the molecule is C[C@H]([C@H](CNc1cc([C@@H](CC(=O)O)C2CC2)ccc1Cl)c1cc2ccccc2s1)C(F)(F)F. The Kier molecular flexibility index (Phi) is 6.91. The molecule has 0 saturated heterocycles. The van der Waals surface area contributed by atoms with Crippen LogP contribution in [0.15, 0.2) is 48.5 Å². The molecule has 0 radical (unpaired) electrons. The van der Waals surface area contributed by atoms with Gasteiger partial charge in [0.15, 0.2) is 0 Å². The van der Waals surface area contributed by atoms with E-state index in [4.69, 9.17) is 11.6 Å². The summed E-state index contributed by atoms with van der Waals surface area (Å²) >= 11 is 7.74. The number of rotatable bonds is 9. The van der Waals surface area contributed by atoms with Crippen molar-refractivity contribution >= 4 is 44.7 Å². The van der Waals surface area contributed by atoms with Crippen LogP contribution in [0.3, 0.4) is 0 Å². The van der Waals surface area contributed by atoms with Gasteiger partial charge in [-0.2, -0.15) is 13.2 Å². The molecular formula is C25H25ClF3NO2S. The molecule has 3 nitrogen and oxygen atoms in total. The number of thiophene rings is 1. The van der Waals surface area contributed by atoms with E-state index >= 15 is 0 Å². The largest absolute Gasteiger partial charge is 0.481 e. The van der Waals surface area contributed by atoms with Gasteiger partial charge in [0.1, 0.15) is 0 Å². The predicted molar refractivity (Wildman–Crippen MR) is 127 cm³/mol. The number of aliphatic carboxylic acids is 1. The summed E-state index contributed by atoms with van der Waals surface area (Å²) in [5.41, 5.74) is 1.39. The van der Waals surface area contributed by atoms with Crippen LogP contribution in [-0.4, -0.2) is 23.8 Å². The molecule has 1 heterocycles. The van der Waals surface area contributed by atoms with Crippen molar-refractivity contribution in [1.29, 1.82) is 0 Å². The number of halogens is 4. The molecule has 2 N–H and O–H groups in total. The molecule has 1 aliphatic carbocycles. The van der Waals surface area contributed by atoms with Crippen LogP contribution in [0, 0.1) is 11.8 Å². The Morgan fingerprint density at radius 2 is 1.94 bits per heavy atom. The van der Waals surface area contributed by atoms with Gasteiger partial charge in [0.05, 0.1) is 23.0 Å². The topological polar surface area (TPSA) is 49.3 Å². The minimum atomic E-state index is -4.34. The van der Waals surface area contributed by atoms with Crippen LogP contribution in [0.25, 0.3) is 10.1 Å². The predicted octanol–water partition coefficient (Wildman–Crippen LogP) is 7.92. The molecule has 0 amide bonds. The van der Waals surface area contributed by atoms with Gasteiger partial charge >= 0.3 is 12.1 Å². The quantitative estimate of drug-likeness (QED) is 0.317. The molecule has 0 bridgehead atoms. The Morgan fingerprint density at radius 3 is 2.58 bits per heavy atom. The molecule has 33 heavy (non-hydrogen) atoms. The maximum Gasteiger partial charge on any atom is 0.392 e. The van der Waals surface area contributed by atoms with Gasteiger partial charge in [-0.15, -0.1) is 11.3 Å². The molecule has 2 aromatic carbocycles. The van der Waals surface area contributed by atoms with Crippen molar-refractivity contribution in [2.75, 3.05) is 11.9 Å². The zero-order valence-electron chi connectivity index (χ0n) is 18.0. The van der Waals surface area contributed by atoms with Gasteiger partial charge in [-0.25, -0.2) is 0 Å². The van der Waals surface area contributed by atoms with E-state index in [9.17, 15) is 23.1 Å². The smallest absolute Gasteiger partial charge is 0.392 e. The maximum absolute atomic E-state index is 13.7. The van der Waals surface area contributed by atoms with Crippen LogP contribution in [0.2, 0.25) is 5.02 Å². The number of nitrogens with one attached hydrogen (secondary N) is 1. The minimum Gasteiger partial charge on any atom is -0.481 e. The summed E-state index contributed by atoms with van der Waals surface area (Å²) in [6.45, 7) is 1.27. The summed E-state index contributed by atoms with van der Waals surface area (Å²) in [6, 6.07) is 14.7. The number of anilines is 1. The van der Waals surface area contributed by atoms with Crippen LogP contribution in [-0.2, 0) is 4.79 Å². The van der Waals surface area contributed by atoms with Crippen LogP contribution in [0.1, 0.15) is 48.5 Å². The van der Waals surface area contributed by atoms with Crippen LogP contribution in [0.5, 0.6) is 0 Å². The second kappa shape index (κ2) is 9.55. The van der Waals surface area contributed by atoms with Crippen molar-refractivity contribution < 1.29 is 23.1 Å². The van der Waals surface area contributed by atoms with Gasteiger partial charge in [-0.3, -0.25) is 4.79 Å².